The van der Waals surface area contributed by atoms with Gasteiger partial charge in [0.2, 0.25) is 4.47 Å². The van der Waals surface area contributed by atoms with Gasteiger partial charge in [-0.05, 0) is 41.5 Å². The van der Waals surface area contributed by atoms with Crippen LogP contribution in [0.1, 0.15) is 37.1 Å². The van der Waals surface area contributed by atoms with E-state index in [2.05, 4.69) is 33.6 Å². The molecule has 1 heterocycles. The fourth-order valence-electron chi connectivity index (χ4n) is 2.78. The fourth-order valence-corrected chi connectivity index (χ4v) is 3.46. The molecule has 0 saturated heterocycles. The van der Waals surface area contributed by atoms with Crippen LogP contribution in [0.4, 0.5) is 0 Å². The van der Waals surface area contributed by atoms with Crippen LogP contribution in [0.25, 0.3) is 0 Å². The van der Waals surface area contributed by atoms with Gasteiger partial charge in [-0.2, -0.15) is 4.37 Å². The third-order valence-corrected chi connectivity index (χ3v) is 4.41. The predicted octanol–water partition coefficient (Wildman–Crippen LogP) is 4.05. The van der Waals surface area contributed by atoms with Crippen LogP contribution in [0.15, 0.2) is 30.3 Å². The predicted molar refractivity (Wildman–Crippen MR) is 70.6 cm³/mol. The molecule has 1 aromatic carbocycles. The Labute approximate surface area is 110 Å². The Morgan fingerprint density at radius 3 is 2.41 bits per heavy atom. The third kappa shape index (κ3) is 1.87. The van der Waals surface area contributed by atoms with Crippen molar-refractivity contribution in [2.75, 3.05) is 0 Å². The van der Waals surface area contributed by atoms with Gasteiger partial charge in [0.1, 0.15) is 0 Å². The Hall–Kier alpha value is -0.930. The minimum absolute atomic E-state index is 0.00486. The van der Waals surface area contributed by atoms with Gasteiger partial charge < -0.3 is 0 Å². The Balaban J connectivity index is 2.11. The first-order valence-electron chi connectivity index (χ1n) is 5.86. The lowest BCUT2D eigenvalue weighted by Gasteiger charge is -2.26. The summed E-state index contributed by atoms with van der Waals surface area (Å²) in [7, 11) is 0. The number of hydrogen-bond donors (Lipinski definition) is 0. The van der Waals surface area contributed by atoms with Gasteiger partial charge in [-0.3, -0.25) is 0 Å². The maximum atomic E-state index is 5.93. The Morgan fingerprint density at radius 1 is 1.12 bits per heavy atom. The van der Waals surface area contributed by atoms with Gasteiger partial charge in [0.05, 0.1) is 5.41 Å². The van der Waals surface area contributed by atoms with E-state index in [1.54, 1.807) is 0 Å². The number of nitrogens with zero attached hydrogens (tertiary/aromatic N) is 2. The summed E-state index contributed by atoms with van der Waals surface area (Å²) >= 11 is 7.22. The average Bonchev–Trinajstić information content (AvgIpc) is 2.99. The first kappa shape index (κ1) is 11.2. The number of halogens is 1. The zero-order valence-electron chi connectivity index (χ0n) is 9.40. The van der Waals surface area contributed by atoms with Crippen LogP contribution in [0.5, 0.6) is 0 Å². The maximum Gasteiger partial charge on any atom is 0.203 e. The summed E-state index contributed by atoms with van der Waals surface area (Å²) in [5.74, 6) is 0.913. The number of benzene rings is 1. The van der Waals surface area contributed by atoms with E-state index in [0.29, 0.717) is 4.47 Å². The quantitative estimate of drug-likeness (QED) is 0.818. The zero-order chi connectivity index (χ0) is 11.7. The van der Waals surface area contributed by atoms with E-state index in [0.717, 1.165) is 18.7 Å². The van der Waals surface area contributed by atoms with E-state index in [1.165, 1.54) is 29.9 Å². The molecule has 0 radical (unpaired) electrons. The first-order valence-corrected chi connectivity index (χ1v) is 7.02. The minimum Gasteiger partial charge on any atom is -0.207 e. The second-order valence-electron chi connectivity index (χ2n) is 4.53. The molecule has 0 bridgehead atoms. The molecule has 0 amide bonds. The van der Waals surface area contributed by atoms with Crippen LogP contribution in [-0.2, 0) is 5.41 Å². The molecule has 0 N–H and O–H groups in total. The highest BCUT2D eigenvalue weighted by Gasteiger charge is 2.40. The highest BCUT2D eigenvalue weighted by Crippen LogP contribution is 2.45. The molecule has 1 aliphatic carbocycles. The van der Waals surface area contributed by atoms with Crippen molar-refractivity contribution in [1.29, 1.82) is 0 Å². The second kappa shape index (κ2) is 4.39. The van der Waals surface area contributed by atoms with Crippen molar-refractivity contribution < 1.29 is 0 Å². The summed E-state index contributed by atoms with van der Waals surface area (Å²) in [6.07, 6.45) is 4.74. The summed E-state index contributed by atoms with van der Waals surface area (Å²) in [6, 6.07) is 10.6. The average molecular weight is 265 g/mol. The van der Waals surface area contributed by atoms with Crippen LogP contribution >= 0.6 is 23.1 Å². The largest absolute Gasteiger partial charge is 0.207 e. The summed E-state index contributed by atoms with van der Waals surface area (Å²) in [6.45, 7) is 0. The van der Waals surface area contributed by atoms with Gasteiger partial charge in [0.25, 0.3) is 0 Å². The van der Waals surface area contributed by atoms with Crippen molar-refractivity contribution in [2.45, 2.75) is 31.1 Å². The molecule has 4 heteroatoms. The van der Waals surface area contributed by atoms with Gasteiger partial charge >= 0.3 is 0 Å². The lowest BCUT2D eigenvalue weighted by molar-refractivity contribution is 0.506. The van der Waals surface area contributed by atoms with Crippen molar-refractivity contribution in [1.82, 2.24) is 9.36 Å². The fraction of sp³-hybridized carbons (Fsp3) is 0.385. The monoisotopic (exact) mass is 264 g/mol. The maximum absolute atomic E-state index is 5.93. The van der Waals surface area contributed by atoms with Gasteiger partial charge in [-0.1, -0.05) is 43.2 Å². The molecule has 2 aromatic rings. The van der Waals surface area contributed by atoms with Crippen LogP contribution < -0.4 is 0 Å². The lowest BCUT2D eigenvalue weighted by atomic mass is 9.78. The van der Waals surface area contributed by atoms with Crippen LogP contribution in [0.3, 0.4) is 0 Å². The van der Waals surface area contributed by atoms with Crippen molar-refractivity contribution >= 4 is 23.1 Å². The molecule has 0 unspecified atom stereocenters. The molecule has 88 valence electrons. The van der Waals surface area contributed by atoms with Gasteiger partial charge in [0, 0.05) is 0 Å². The highest BCUT2D eigenvalue weighted by atomic mass is 35.5. The molecule has 1 fully saturated rings. The molecule has 0 spiro atoms. The standard InChI is InChI=1S/C13H13ClN2S/c14-12-15-11(16-17-12)13(8-4-5-9-13)10-6-2-1-3-7-10/h1-3,6-7H,4-5,8-9H2. The van der Waals surface area contributed by atoms with Crippen LogP contribution in [0.2, 0.25) is 4.47 Å². The van der Waals surface area contributed by atoms with Crippen molar-refractivity contribution in [3.8, 4) is 0 Å². The Kier molecular flexibility index (Phi) is 2.89. The molecule has 1 aromatic heterocycles. The van der Waals surface area contributed by atoms with Crippen molar-refractivity contribution in [2.24, 2.45) is 0 Å². The molecule has 0 atom stereocenters. The SMILES string of the molecule is Clc1nc(C2(c3ccccc3)CCCC2)ns1. The van der Waals surface area contributed by atoms with E-state index in [9.17, 15) is 0 Å². The first-order chi connectivity index (χ1) is 8.31. The topological polar surface area (TPSA) is 25.8 Å². The molecular formula is C13H13ClN2S. The summed E-state index contributed by atoms with van der Waals surface area (Å²) in [5, 5.41) is 0. The molecule has 2 nitrogen and oxygen atoms in total. The second-order valence-corrected chi connectivity index (χ2v) is 5.86. The number of rotatable bonds is 2. The zero-order valence-corrected chi connectivity index (χ0v) is 11.0. The molecule has 17 heavy (non-hydrogen) atoms. The Morgan fingerprint density at radius 2 is 1.82 bits per heavy atom. The number of hydrogen-bond acceptors (Lipinski definition) is 3. The van der Waals surface area contributed by atoms with E-state index >= 15 is 0 Å². The lowest BCUT2D eigenvalue weighted by Crippen LogP contribution is -2.25. The Bertz CT molecular complexity index is 503. The summed E-state index contributed by atoms with van der Waals surface area (Å²) < 4.78 is 4.99. The third-order valence-electron chi connectivity index (χ3n) is 3.61. The van der Waals surface area contributed by atoms with Crippen LogP contribution in [-0.4, -0.2) is 9.36 Å². The van der Waals surface area contributed by atoms with Gasteiger partial charge in [0.15, 0.2) is 5.82 Å². The minimum atomic E-state index is 0.00486. The van der Waals surface area contributed by atoms with Crippen molar-refractivity contribution in [3.05, 3.63) is 46.2 Å². The normalized spacial score (nSPS) is 18.4. The molecule has 1 aliphatic rings. The summed E-state index contributed by atoms with van der Waals surface area (Å²) in [5.41, 5.74) is 1.33. The van der Waals surface area contributed by atoms with E-state index in [1.807, 2.05) is 6.07 Å². The van der Waals surface area contributed by atoms with E-state index < -0.39 is 0 Å². The summed E-state index contributed by atoms with van der Waals surface area (Å²) in [4.78, 5) is 4.41. The van der Waals surface area contributed by atoms with E-state index in [-0.39, 0.29) is 5.41 Å². The molecule has 0 aliphatic heterocycles. The number of aromatic nitrogens is 2. The molecule has 1 saturated carbocycles. The van der Waals surface area contributed by atoms with Gasteiger partial charge in [-0.15, -0.1) is 0 Å². The van der Waals surface area contributed by atoms with Crippen molar-refractivity contribution in [3.63, 3.8) is 0 Å². The highest BCUT2D eigenvalue weighted by molar-refractivity contribution is 7.10. The van der Waals surface area contributed by atoms with Crippen LogP contribution in [0, 0.1) is 0 Å². The van der Waals surface area contributed by atoms with Gasteiger partial charge in [-0.25, -0.2) is 4.98 Å². The molecule has 3 rings (SSSR count). The van der Waals surface area contributed by atoms with E-state index in [4.69, 9.17) is 11.6 Å². The smallest absolute Gasteiger partial charge is 0.203 e. The molecular weight excluding hydrogens is 252 g/mol.